The Morgan fingerprint density at radius 2 is 1.79 bits per heavy atom. The largest absolute Gasteiger partial charge is 0.332 e. The average Bonchev–Trinajstić information content (AvgIpc) is 3.22. The van der Waals surface area contributed by atoms with Crippen LogP contribution in [0, 0.1) is 13.8 Å². The van der Waals surface area contributed by atoms with Crippen molar-refractivity contribution in [1.29, 1.82) is 0 Å². The first-order chi connectivity index (χ1) is 16.0. The van der Waals surface area contributed by atoms with Gasteiger partial charge in [0.15, 0.2) is 11.2 Å². The van der Waals surface area contributed by atoms with Gasteiger partial charge in [0.1, 0.15) is 0 Å². The van der Waals surface area contributed by atoms with Crippen LogP contribution in [0.3, 0.4) is 0 Å². The van der Waals surface area contributed by atoms with Crippen molar-refractivity contribution in [2.75, 3.05) is 11.4 Å². The Hall–Kier alpha value is -3.87. The number of aromatic nitrogens is 4. The number of imidazole rings is 1. The molecule has 3 heterocycles. The monoisotopic (exact) mass is 441 g/mol. The zero-order valence-electron chi connectivity index (χ0n) is 19.2. The van der Waals surface area contributed by atoms with Crippen molar-refractivity contribution in [1.82, 2.24) is 18.7 Å². The van der Waals surface area contributed by atoms with E-state index in [1.54, 1.807) is 7.05 Å². The van der Waals surface area contributed by atoms with Gasteiger partial charge in [0.2, 0.25) is 5.95 Å². The number of allylic oxidation sites excluding steroid dienone is 1. The van der Waals surface area contributed by atoms with Crippen molar-refractivity contribution in [2.45, 2.75) is 33.4 Å². The normalized spacial score (nSPS) is 13.7. The van der Waals surface area contributed by atoms with E-state index >= 15 is 0 Å². The highest BCUT2D eigenvalue weighted by molar-refractivity contribution is 5.77. The van der Waals surface area contributed by atoms with Crippen LogP contribution in [0.15, 0.2) is 64.2 Å². The van der Waals surface area contributed by atoms with E-state index in [1.807, 2.05) is 53.1 Å². The molecule has 7 heteroatoms. The Morgan fingerprint density at radius 1 is 1.00 bits per heavy atom. The molecule has 0 spiro atoms. The van der Waals surface area contributed by atoms with E-state index in [4.69, 9.17) is 4.98 Å². The summed E-state index contributed by atoms with van der Waals surface area (Å²) in [6, 6.07) is 16.1. The highest BCUT2D eigenvalue weighted by atomic mass is 16.2. The first-order valence-corrected chi connectivity index (χ1v) is 11.2. The molecule has 0 aliphatic carbocycles. The molecule has 2 aromatic heterocycles. The third-order valence-corrected chi connectivity index (χ3v) is 6.48. The summed E-state index contributed by atoms with van der Waals surface area (Å²) < 4.78 is 4.74. The van der Waals surface area contributed by atoms with Gasteiger partial charge in [0.25, 0.3) is 5.56 Å². The number of nitrogens with zero attached hydrogens (tertiary/aromatic N) is 5. The minimum absolute atomic E-state index is 0.206. The Balaban J connectivity index is 1.63. The molecule has 33 heavy (non-hydrogen) atoms. The highest BCUT2D eigenvalue weighted by Gasteiger charge is 2.27. The van der Waals surface area contributed by atoms with E-state index < -0.39 is 0 Å². The number of hydrogen-bond donors (Lipinski definition) is 0. The van der Waals surface area contributed by atoms with Gasteiger partial charge < -0.3 is 9.47 Å². The van der Waals surface area contributed by atoms with Crippen LogP contribution in [-0.2, 0) is 20.1 Å². The second-order valence-corrected chi connectivity index (χ2v) is 8.53. The molecule has 0 saturated carbocycles. The van der Waals surface area contributed by atoms with Crippen LogP contribution in [0.25, 0.3) is 17.2 Å². The van der Waals surface area contributed by atoms with Gasteiger partial charge >= 0.3 is 5.69 Å². The highest BCUT2D eigenvalue weighted by Crippen LogP contribution is 2.33. The van der Waals surface area contributed by atoms with Gasteiger partial charge in [-0.25, -0.2) is 4.79 Å². The molecule has 0 amide bonds. The smallest absolute Gasteiger partial charge is 0.312 e. The minimum Gasteiger partial charge on any atom is -0.312 e. The third kappa shape index (κ3) is 3.50. The van der Waals surface area contributed by atoms with E-state index in [1.165, 1.54) is 20.3 Å². The maximum Gasteiger partial charge on any atom is 0.332 e. The van der Waals surface area contributed by atoms with E-state index in [0.29, 0.717) is 17.7 Å². The van der Waals surface area contributed by atoms with Crippen molar-refractivity contribution >= 4 is 28.9 Å². The minimum atomic E-state index is -0.362. The van der Waals surface area contributed by atoms with Crippen LogP contribution in [0.5, 0.6) is 0 Å². The Morgan fingerprint density at radius 3 is 2.58 bits per heavy atom. The molecule has 2 aromatic carbocycles. The predicted octanol–water partition coefficient (Wildman–Crippen LogP) is 3.77. The summed E-state index contributed by atoms with van der Waals surface area (Å²) in [5.74, 6) is 0.717. The van der Waals surface area contributed by atoms with Gasteiger partial charge in [-0.05, 0) is 43.0 Å². The van der Waals surface area contributed by atoms with Crippen LogP contribution in [0.4, 0.5) is 11.6 Å². The molecule has 1 aliphatic rings. The standard InChI is InChI=1S/C26H27N5O2/c1-18-10-7-14-21(19(18)2)29-16-9-17-30-22-23(27-25(29)30)28(3)26(33)31(24(22)32)15-8-13-20-11-5-4-6-12-20/h4-8,10-14H,9,15-17H2,1-3H3/b13-8+. The molecule has 0 fully saturated rings. The molecular formula is C26H27N5O2. The van der Waals surface area contributed by atoms with Crippen molar-refractivity contribution in [3.63, 3.8) is 0 Å². The maximum atomic E-state index is 13.5. The van der Waals surface area contributed by atoms with Gasteiger partial charge in [-0.3, -0.25) is 13.9 Å². The summed E-state index contributed by atoms with van der Waals surface area (Å²) in [7, 11) is 1.68. The topological polar surface area (TPSA) is 65.1 Å². The predicted molar refractivity (Wildman–Crippen MR) is 132 cm³/mol. The van der Waals surface area contributed by atoms with Crippen LogP contribution in [-0.4, -0.2) is 25.2 Å². The van der Waals surface area contributed by atoms with Crippen molar-refractivity contribution < 1.29 is 0 Å². The molecule has 0 radical (unpaired) electrons. The Bertz CT molecular complexity index is 1490. The fourth-order valence-electron chi connectivity index (χ4n) is 4.54. The van der Waals surface area contributed by atoms with Gasteiger partial charge in [-0.15, -0.1) is 0 Å². The van der Waals surface area contributed by atoms with Gasteiger partial charge in [0.05, 0.1) is 0 Å². The lowest BCUT2D eigenvalue weighted by molar-refractivity contribution is 0.597. The first-order valence-electron chi connectivity index (χ1n) is 11.2. The van der Waals surface area contributed by atoms with Gasteiger partial charge in [-0.1, -0.05) is 54.6 Å². The van der Waals surface area contributed by atoms with E-state index in [-0.39, 0.29) is 17.8 Å². The lowest BCUT2D eigenvalue weighted by atomic mass is 10.1. The Labute approximate surface area is 191 Å². The summed E-state index contributed by atoms with van der Waals surface area (Å²) in [4.78, 5) is 33.5. The fourth-order valence-corrected chi connectivity index (χ4v) is 4.54. The second kappa shape index (κ2) is 8.24. The molecular weight excluding hydrogens is 414 g/mol. The summed E-state index contributed by atoms with van der Waals surface area (Å²) in [6.45, 7) is 5.92. The van der Waals surface area contributed by atoms with Crippen LogP contribution < -0.4 is 16.1 Å². The van der Waals surface area contributed by atoms with Gasteiger partial charge in [0, 0.05) is 32.4 Å². The molecule has 0 saturated heterocycles. The number of fused-ring (bicyclic) bond motifs is 3. The number of benzene rings is 2. The summed E-state index contributed by atoms with van der Waals surface area (Å²) in [5, 5.41) is 0. The molecule has 1 aliphatic heterocycles. The fraction of sp³-hybridized carbons (Fsp3) is 0.269. The first kappa shape index (κ1) is 21.0. The van der Waals surface area contributed by atoms with Crippen LogP contribution in [0.1, 0.15) is 23.1 Å². The number of hydrogen-bond acceptors (Lipinski definition) is 4. The molecule has 7 nitrogen and oxygen atoms in total. The van der Waals surface area contributed by atoms with Crippen LogP contribution in [0.2, 0.25) is 0 Å². The maximum absolute atomic E-state index is 13.5. The summed E-state index contributed by atoms with van der Waals surface area (Å²) in [6.07, 6.45) is 4.66. The quantitative estimate of drug-likeness (QED) is 0.484. The zero-order valence-corrected chi connectivity index (χ0v) is 19.2. The van der Waals surface area contributed by atoms with Crippen molar-refractivity contribution in [2.24, 2.45) is 7.05 Å². The van der Waals surface area contributed by atoms with E-state index in [2.05, 4.69) is 30.9 Å². The Kier molecular flexibility index (Phi) is 5.24. The van der Waals surface area contributed by atoms with Crippen molar-refractivity contribution in [3.8, 4) is 0 Å². The summed E-state index contributed by atoms with van der Waals surface area (Å²) in [5.41, 5.74) is 4.76. The summed E-state index contributed by atoms with van der Waals surface area (Å²) >= 11 is 0. The number of aryl methyl sites for hydroxylation is 3. The third-order valence-electron chi connectivity index (χ3n) is 6.48. The SMILES string of the molecule is Cc1cccc(N2CCCn3c2nc2c3c(=O)n(C/C=C/c3ccccc3)c(=O)n2C)c1C. The lowest BCUT2D eigenvalue weighted by Gasteiger charge is -2.30. The van der Waals surface area contributed by atoms with Gasteiger partial charge in [-0.2, -0.15) is 4.98 Å². The van der Waals surface area contributed by atoms with Crippen molar-refractivity contribution in [3.05, 3.63) is 92.1 Å². The molecule has 4 aromatic rings. The zero-order chi connectivity index (χ0) is 23.1. The number of rotatable bonds is 4. The second-order valence-electron chi connectivity index (χ2n) is 8.53. The number of anilines is 2. The molecule has 0 atom stereocenters. The van der Waals surface area contributed by atoms with E-state index in [0.717, 1.165) is 30.2 Å². The van der Waals surface area contributed by atoms with Crippen LogP contribution >= 0.6 is 0 Å². The lowest BCUT2D eigenvalue weighted by Crippen LogP contribution is -2.39. The molecule has 168 valence electrons. The molecule has 0 N–H and O–H groups in total. The molecule has 0 bridgehead atoms. The molecule has 0 unspecified atom stereocenters. The van der Waals surface area contributed by atoms with E-state index in [9.17, 15) is 9.59 Å². The average molecular weight is 442 g/mol. The molecule has 5 rings (SSSR count).